The van der Waals surface area contributed by atoms with Gasteiger partial charge in [-0.2, -0.15) is 9.97 Å². The molecule has 4 rings (SSSR count). The molecule has 0 saturated carbocycles. The van der Waals surface area contributed by atoms with E-state index in [9.17, 15) is 19.5 Å². The Morgan fingerprint density at radius 2 is 1.97 bits per heavy atom. The van der Waals surface area contributed by atoms with Crippen molar-refractivity contribution in [3.05, 3.63) is 41.2 Å². The number of nitrogen functional groups attached to an aromatic ring is 2. The van der Waals surface area contributed by atoms with Gasteiger partial charge in [-0.05, 0) is 30.2 Å². The Kier molecular flexibility index (Phi) is 5.60. The van der Waals surface area contributed by atoms with Crippen LogP contribution < -0.4 is 16.8 Å². The van der Waals surface area contributed by atoms with Gasteiger partial charge in [0.05, 0.1) is 18.4 Å². The fraction of sp³-hybridized carbons (Fsp3) is 0.250. The summed E-state index contributed by atoms with van der Waals surface area (Å²) in [7, 11) is 0. The molecule has 3 heterocycles. The number of aliphatic carboxylic acids is 2. The van der Waals surface area contributed by atoms with Crippen LogP contribution in [0.4, 0.5) is 17.5 Å². The molecule has 1 aliphatic rings. The molecule has 0 radical (unpaired) electrons. The highest BCUT2D eigenvalue weighted by Crippen LogP contribution is 2.29. The van der Waals surface area contributed by atoms with E-state index in [0.717, 1.165) is 0 Å². The van der Waals surface area contributed by atoms with Crippen LogP contribution in [0.2, 0.25) is 0 Å². The van der Waals surface area contributed by atoms with E-state index in [-0.39, 0.29) is 36.8 Å². The van der Waals surface area contributed by atoms with Gasteiger partial charge in [0.15, 0.2) is 17.0 Å². The summed E-state index contributed by atoms with van der Waals surface area (Å²) < 4.78 is 0. The lowest BCUT2D eigenvalue weighted by atomic mass is 10.1. The van der Waals surface area contributed by atoms with Crippen LogP contribution in [0.15, 0.2) is 24.4 Å². The Hall–Kier alpha value is -4.55. The van der Waals surface area contributed by atoms with Gasteiger partial charge in [0, 0.05) is 24.2 Å². The van der Waals surface area contributed by atoms with Crippen LogP contribution in [-0.4, -0.2) is 58.9 Å². The Bertz CT molecular complexity index is 1280. The summed E-state index contributed by atoms with van der Waals surface area (Å²) in [5.74, 6) is -2.67. The standard InChI is InChI=1S/C20H20N8O5/c21-16-15-17(27-20(22)26-16)24-7-11(25-15)6-23-10-1-2-12-9(5-10)8-28(18(12)31)13(19(32)33)3-4-14(29)30/h1-2,5,7,13,23H,3-4,6,8H2,(H,29,30)(H,32,33)(H4,21,22,24,26,27)/t13-/m0/s1. The quantitative estimate of drug-likeness (QED) is 0.316. The maximum absolute atomic E-state index is 12.7. The number of fused-ring (bicyclic) bond motifs is 2. The summed E-state index contributed by atoms with van der Waals surface area (Å²) in [6, 6.07) is 3.83. The third-order valence-electron chi connectivity index (χ3n) is 5.20. The number of carbonyl (C=O) groups excluding carboxylic acids is 1. The molecule has 3 aromatic rings. The average Bonchev–Trinajstić information content (AvgIpc) is 3.07. The number of nitrogens with zero attached hydrogens (tertiary/aromatic N) is 5. The molecule has 0 aliphatic carbocycles. The number of benzene rings is 1. The highest BCUT2D eigenvalue weighted by atomic mass is 16.4. The molecule has 2 aromatic heterocycles. The second kappa shape index (κ2) is 8.53. The van der Waals surface area contributed by atoms with E-state index in [4.69, 9.17) is 16.6 Å². The van der Waals surface area contributed by atoms with E-state index in [0.29, 0.717) is 34.6 Å². The smallest absolute Gasteiger partial charge is 0.326 e. The van der Waals surface area contributed by atoms with Crippen molar-refractivity contribution in [3.8, 4) is 0 Å². The lowest BCUT2D eigenvalue weighted by molar-refractivity contribution is -0.143. The summed E-state index contributed by atoms with van der Waals surface area (Å²) in [5, 5.41) is 21.5. The van der Waals surface area contributed by atoms with Gasteiger partial charge < -0.3 is 31.9 Å². The van der Waals surface area contributed by atoms with Crippen molar-refractivity contribution in [2.75, 3.05) is 16.8 Å². The number of anilines is 3. The van der Waals surface area contributed by atoms with E-state index >= 15 is 0 Å². The van der Waals surface area contributed by atoms with E-state index in [1.165, 1.54) is 11.1 Å². The average molecular weight is 452 g/mol. The topological polar surface area (TPSA) is 211 Å². The molecule has 1 aliphatic heterocycles. The highest BCUT2D eigenvalue weighted by molar-refractivity contribution is 6.01. The molecule has 1 amide bonds. The van der Waals surface area contributed by atoms with Gasteiger partial charge in [-0.3, -0.25) is 9.59 Å². The third-order valence-corrected chi connectivity index (χ3v) is 5.20. The summed E-state index contributed by atoms with van der Waals surface area (Å²) in [5.41, 5.74) is 14.3. The first-order valence-electron chi connectivity index (χ1n) is 9.90. The number of amides is 1. The number of carboxylic acid groups (broad SMARTS) is 2. The summed E-state index contributed by atoms with van der Waals surface area (Å²) in [4.78, 5) is 52.8. The molecule has 13 heteroatoms. The van der Waals surface area contributed by atoms with E-state index < -0.39 is 23.9 Å². The molecule has 13 nitrogen and oxygen atoms in total. The first-order valence-corrected chi connectivity index (χ1v) is 9.90. The lowest BCUT2D eigenvalue weighted by Gasteiger charge is -2.23. The zero-order valence-corrected chi connectivity index (χ0v) is 17.2. The zero-order valence-electron chi connectivity index (χ0n) is 17.2. The van der Waals surface area contributed by atoms with Crippen LogP contribution in [0.25, 0.3) is 11.2 Å². The number of nitrogens with two attached hydrogens (primary N) is 2. The first-order chi connectivity index (χ1) is 15.7. The van der Waals surface area contributed by atoms with E-state index in [1.807, 2.05) is 0 Å². The number of hydrogen-bond acceptors (Lipinski definition) is 10. The fourth-order valence-electron chi connectivity index (χ4n) is 3.64. The number of nitrogens with one attached hydrogen (secondary N) is 1. The van der Waals surface area contributed by atoms with Crippen molar-refractivity contribution in [2.24, 2.45) is 0 Å². The molecule has 170 valence electrons. The van der Waals surface area contributed by atoms with Crippen LogP contribution in [-0.2, 0) is 22.7 Å². The van der Waals surface area contributed by atoms with Gasteiger partial charge in [-0.25, -0.2) is 14.8 Å². The van der Waals surface area contributed by atoms with Crippen LogP contribution >= 0.6 is 0 Å². The van der Waals surface area contributed by atoms with E-state index in [2.05, 4.69) is 25.3 Å². The van der Waals surface area contributed by atoms with Gasteiger partial charge >= 0.3 is 11.9 Å². The first kappa shape index (κ1) is 21.7. The summed E-state index contributed by atoms with van der Waals surface area (Å²) >= 11 is 0. The molecule has 0 unspecified atom stereocenters. The van der Waals surface area contributed by atoms with Crippen LogP contribution in [0, 0.1) is 0 Å². The molecular weight excluding hydrogens is 432 g/mol. The van der Waals surface area contributed by atoms with Gasteiger partial charge in [0.1, 0.15) is 6.04 Å². The predicted molar refractivity (Wildman–Crippen MR) is 116 cm³/mol. The monoisotopic (exact) mass is 452 g/mol. The molecule has 0 saturated heterocycles. The second-order valence-corrected chi connectivity index (χ2v) is 7.45. The maximum atomic E-state index is 12.7. The number of aromatic nitrogens is 4. The SMILES string of the molecule is Nc1nc(N)c2nc(CNc3ccc4c(c3)CN([C@@H](CCC(=O)O)C(=O)O)C4=O)cnc2n1. The van der Waals surface area contributed by atoms with Crippen LogP contribution in [0.5, 0.6) is 0 Å². The number of hydrogen-bond donors (Lipinski definition) is 5. The Morgan fingerprint density at radius 3 is 2.70 bits per heavy atom. The molecule has 0 fully saturated rings. The molecule has 33 heavy (non-hydrogen) atoms. The van der Waals surface area contributed by atoms with E-state index in [1.54, 1.807) is 18.2 Å². The van der Waals surface area contributed by atoms with Gasteiger partial charge in [-0.15, -0.1) is 0 Å². The van der Waals surface area contributed by atoms with Crippen molar-refractivity contribution in [1.82, 2.24) is 24.8 Å². The molecule has 1 atom stereocenters. The Morgan fingerprint density at radius 1 is 1.18 bits per heavy atom. The Balaban J connectivity index is 1.48. The molecule has 7 N–H and O–H groups in total. The van der Waals surface area contributed by atoms with Crippen molar-refractivity contribution < 1.29 is 24.6 Å². The van der Waals surface area contributed by atoms with Crippen molar-refractivity contribution >= 4 is 46.5 Å². The molecule has 1 aromatic carbocycles. The number of carbonyl (C=O) groups is 3. The van der Waals surface area contributed by atoms with Crippen molar-refractivity contribution in [3.63, 3.8) is 0 Å². The largest absolute Gasteiger partial charge is 0.481 e. The van der Waals surface area contributed by atoms with Crippen molar-refractivity contribution in [1.29, 1.82) is 0 Å². The molecule has 0 bridgehead atoms. The third kappa shape index (κ3) is 4.42. The number of rotatable bonds is 8. The second-order valence-electron chi connectivity index (χ2n) is 7.45. The summed E-state index contributed by atoms with van der Waals surface area (Å²) in [6.07, 6.45) is 1.01. The van der Waals surface area contributed by atoms with Gasteiger partial charge in [-0.1, -0.05) is 0 Å². The zero-order chi connectivity index (χ0) is 23.7. The van der Waals surface area contributed by atoms with Crippen LogP contribution in [0.1, 0.15) is 34.5 Å². The fourth-order valence-corrected chi connectivity index (χ4v) is 3.64. The maximum Gasteiger partial charge on any atom is 0.326 e. The minimum atomic E-state index is -1.24. The minimum Gasteiger partial charge on any atom is -0.481 e. The normalized spacial score (nSPS) is 13.7. The predicted octanol–water partition coefficient (Wildman–Crippen LogP) is 0.470. The highest BCUT2D eigenvalue weighted by Gasteiger charge is 2.36. The minimum absolute atomic E-state index is 0.00926. The molecular formula is C20H20N8O5. The Labute approximate surface area is 186 Å². The van der Waals surface area contributed by atoms with Crippen LogP contribution in [0.3, 0.4) is 0 Å². The number of carboxylic acids is 2. The molecule has 0 spiro atoms. The lowest BCUT2D eigenvalue weighted by Crippen LogP contribution is -2.41. The van der Waals surface area contributed by atoms with Gasteiger partial charge in [0.2, 0.25) is 5.95 Å². The summed E-state index contributed by atoms with van der Waals surface area (Å²) in [6.45, 7) is 0.366. The van der Waals surface area contributed by atoms with Crippen molar-refractivity contribution in [2.45, 2.75) is 32.0 Å². The van der Waals surface area contributed by atoms with Gasteiger partial charge in [0.25, 0.3) is 5.91 Å².